The lowest BCUT2D eigenvalue weighted by molar-refractivity contribution is -0.140. The van der Waals surface area contributed by atoms with Crippen molar-refractivity contribution < 1.29 is 24.1 Å². The van der Waals surface area contributed by atoms with Gasteiger partial charge >= 0.3 is 5.97 Å². The summed E-state index contributed by atoms with van der Waals surface area (Å²) in [5.74, 6) is -0.925. The standard InChI is InChI=1S/C22H24N2O6/c1-28-17-10-14(11-18(29-2)21(17)26)15(12-19(25)30-3)20-16(23-24-22(20)27)9-13-7-5-4-6-8-13/h4-8,10-11,15,26H,9,12H2,1-3H3,(H2,23,24,27)/t15-/m1/s1. The number of aromatic nitrogens is 2. The number of rotatable bonds is 8. The highest BCUT2D eigenvalue weighted by Gasteiger charge is 2.28. The summed E-state index contributed by atoms with van der Waals surface area (Å²) >= 11 is 0. The minimum Gasteiger partial charge on any atom is -0.502 e. The molecule has 0 saturated carbocycles. The molecule has 30 heavy (non-hydrogen) atoms. The Morgan fingerprint density at radius 2 is 1.67 bits per heavy atom. The molecule has 1 aromatic heterocycles. The van der Waals surface area contributed by atoms with Crippen molar-refractivity contribution in [2.45, 2.75) is 18.8 Å². The molecule has 8 heteroatoms. The molecule has 3 N–H and O–H groups in total. The molecule has 0 aliphatic heterocycles. The van der Waals surface area contributed by atoms with Crippen LogP contribution in [0.5, 0.6) is 17.2 Å². The molecule has 1 heterocycles. The van der Waals surface area contributed by atoms with Crippen molar-refractivity contribution in [3.63, 3.8) is 0 Å². The summed E-state index contributed by atoms with van der Waals surface area (Å²) < 4.78 is 15.3. The number of nitrogens with one attached hydrogen (secondary N) is 2. The van der Waals surface area contributed by atoms with E-state index >= 15 is 0 Å². The molecule has 0 aliphatic carbocycles. The van der Waals surface area contributed by atoms with Gasteiger partial charge in [-0.25, -0.2) is 0 Å². The molecule has 0 aliphatic rings. The summed E-state index contributed by atoms with van der Waals surface area (Å²) in [6, 6.07) is 12.8. The molecular formula is C22H24N2O6. The van der Waals surface area contributed by atoms with Gasteiger partial charge in [0.15, 0.2) is 11.5 Å². The number of carbonyl (C=O) groups is 1. The van der Waals surface area contributed by atoms with E-state index in [1.165, 1.54) is 21.3 Å². The molecule has 8 nitrogen and oxygen atoms in total. The molecule has 0 fully saturated rings. The normalized spacial score (nSPS) is 11.7. The Balaban J connectivity index is 2.14. The first-order valence-corrected chi connectivity index (χ1v) is 9.33. The van der Waals surface area contributed by atoms with E-state index in [0.717, 1.165) is 5.56 Å². The third-order valence-electron chi connectivity index (χ3n) is 4.97. The van der Waals surface area contributed by atoms with Crippen molar-refractivity contribution in [1.82, 2.24) is 10.2 Å². The van der Waals surface area contributed by atoms with Gasteiger partial charge in [0.2, 0.25) is 5.75 Å². The van der Waals surface area contributed by atoms with E-state index in [9.17, 15) is 14.7 Å². The Bertz CT molecular complexity index is 1050. The number of phenolic OH excluding ortho intramolecular Hbond substituents is 1. The second kappa shape index (κ2) is 9.21. The highest BCUT2D eigenvalue weighted by Crippen LogP contribution is 2.41. The van der Waals surface area contributed by atoms with E-state index in [0.29, 0.717) is 23.2 Å². The Morgan fingerprint density at radius 3 is 2.23 bits per heavy atom. The number of ether oxygens (including phenoxy) is 3. The van der Waals surface area contributed by atoms with E-state index < -0.39 is 11.9 Å². The van der Waals surface area contributed by atoms with Gasteiger partial charge in [-0.15, -0.1) is 0 Å². The predicted molar refractivity (Wildman–Crippen MR) is 110 cm³/mol. The maximum absolute atomic E-state index is 12.7. The summed E-state index contributed by atoms with van der Waals surface area (Å²) in [5.41, 5.74) is 2.32. The molecular weight excluding hydrogens is 388 g/mol. The van der Waals surface area contributed by atoms with Crippen molar-refractivity contribution in [3.05, 3.63) is 75.2 Å². The van der Waals surface area contributed by atoms with Crippen LogP contribution in [0.15, 0.2) is 47.3 Å². The van der Waals surface area contributed by atoms with E-state index in [1.54, 1.807) is 12.1 Å². The quantitative estimate of drug-likeness (QED) is 0.490. The summed E-state index contributed by atoms with van der Waals surface area (Å²) in [7, 11) is 4.12. The maximum Gasteiger partial charge on any atom is 0.306 e. The van der Waals surface area contributed by atoms with Gasteiger partial charge in [0.1, 0.15) is 0 Å². The number of hydrogen-bond acceptors (Lipinski definition) is 6. The number of aromatic amines is 2. The highest BCUT2D eigenvalue weighted by atomic mass is 16.5. The summed E-state index contributed by atoms with van der Waals surface area (Å²) in [6.07, 6.45) is 0.398. The molecule has 3 aromatic rings. The van der Waals surface area contributed by atoms with Crippen LogP contribution in [-0.2, 0) is 16.0 Å². The van der Waals surface area contributed by atoms with Gasteiger partial charge in [-0.1, -0.05) is 30.3 Å². The van der Waals surface area contributed by atoms with Gasteiger partial charge in [-0.3, -0.25) is 14.7 Å². The van der Waals surface area contributed by atoms with Crippen molar-refractivity contribution in [2.75, 3.05) is 21.3 Å². The Morgan fingerprint density at radius 1 is 1.03 bits per heavy atom. The van der Waals surface area contributed by atoms with E-state index in [2.05, 4.69) is 10.2 Å². The van der Waals surface area contributed by atoms with Crippen LogP contribution in [0.4, 0.5) is 0 Å². The van der Waals surface area contributed by atoms with E-state index in [1.807, 2.05) is 30.3 Å². The first kappa shape index (κ1) is 21.0. The zero-order valence-corrected chi connectivity index (χ0v) is 17.0. The minimum absolute atomic E-state index is 0.0731. The van der Waals surface area contributed by atoms with Crippen LogP contribution in [0.3, 0.4) is 0 Å². The summed E-state index contributed by atoms with van der Waals surface area (Å²) in [6.45, 7) is 0. The van der Waals surface area contributed by atoms with Crippen LogP contribution < -0.4 is 15.0 Å². The van der Waals surface area contributed by atoms with Crippen LogP contribution in [-0.4, -0.2) is 42.6 Å². The molecule has 1 atom stereocenters. The third kappa shape index (κ3) is 4.32. The van der Waals surface area contributed by atoms with Crippen LogP contribution in [0, 0.1) is 0 Å². The molecule has 0 saturated heterocycles. The maximum atomic E-state index is 12.7. The SMILES string of the molecule is COC(=O)C[C@H](c1cc(OC)c(O)c(OC)c1)c1c(Cc2ccccc2)[nH][nH]c1=O. The highest BCUT2D eigenvalue weighted by molar-refractivity contribution is 5.72. The number of carbonyl (C=O) groups excluding carboxylic acids is 1. The predicted octanol–water partition coefficient (Wildman–Crippen LogP) is 2.71. The molecule has 0 unspecified atom stereocenters. The van der Waals surface area contributed by atoms with E-state index in [-0.39, 0.29) is 29.2 Å². The molecule has 0 bridgehead atoms. The molecule has 2 aromatic carbocycles. The summed E-state index contributed by atoms with van der Waals surface area (Å²) in [5, 5.41) is 15.8. The van der Waals surface area contributed by atoms with Crippen LogP contribution in [0.1, 0.15) is 34.7 Å². The number of H-pyrrole nitrogens is 2. The summed E-state index contributed by atoms with van der Waals surface area (Å²) in [4.78, 5) is 24.9. The van der Waals surface area contributed by atoms with Crippen LogP contribution in [0.2, 0.25) is 0 Å². The van der Waals surface area contributed by atoms with Gasteiger partial charge in [-0.05, 0) is 23.3 Å². The van der Waals surface area contributed by atoms with Crippen LogP contribution in [0.25, 0.3) is 0 Å². The Hall–Kier alpha value is -3.68. The fourth-order valence-electron chi connectivity index (χ4n) is 3.46. The largest absolute Gasteiger partial charge is 0.502 e. The number of benzene rings is 2. The first-order chi connectivity index (χ1) is 14.5. The molecule has 0 amide bonds. The number of esters is 1. The van der Waals surface area contributed by atoms with Crippen molar-refractivity contribution in [1.29, 1.82) is 0 Å². The fourth-order valence-corrected chi connectivity index (χ4v) is 3.46. The minimum atomic E-state index is -0.644. The molecule has 0 radical (unpaired) electrons. The van der Waals surface area contributed by atoms with Crippen molar-refractivity contribution in [2.24, 2.45) is 0 Å². The van der Waals surface area contributed by atoms with Gasteiger partial charge in [-0.2, -0.15) is 0 Å². The molecule has 0 spiro atoms. The smallest absolute Gasteiger partial charge is 0.306 e. The molecule has 158 valence electrons. The number of phenols is 1. The Labute approximate surface area is 173 Å². The van der Waals surface area contributed by atoms with Gasteiger partial charge < -0.3 is 24.4 Å². The van der Waals surface area contributed by atoms with Gasteiger partial charge in [0.25, 0.3) is 5.56 Å². The van der Waals surface area contributed by atoms with Gasteiger partial charge in [0, 0.05) is 23.6 Å². The van der Waals surface area contributed by atoms with Crippen molar-refractivity contribution in [3.8, 4) is 17.2 Å². The lowest BCUT2D eigenvalue weighted by Crippen LogP contribution is -2.18. The first-order valence-electron chi connectivity index (χ1n) is 9.33. The monoisotopic (exact) mass is 412 g/mol. The van der Waals surface area contributed by atoms with Gasteiger partial charge in [0.05, 0.1) is 27.8 Å². The second-order valence-electron chi connectivity index (χ2n) is 6.74. The second-order valence-corrected chi connectivity index (χ2v) is 6.74. The number of aromatic hydroxyl groups is 1. The average molecular weight is 412 g/mol. The average Bonchev–Trinajstić information content (AvgIpc) is 3.12. The number of hydrogen-bond donors (Lipinski definition) is 3. The Kier molecular flexibility index (Phi) is 6.46. The van der Waals surface area contributed by atoms with Crippen molar-refractivity contribution >= 4 is 5.97 Å². The lowest BCUT2D eigenvalue weighted by atomic mass is 9.87. The third-order valence-corrected chi connectivity index (χ3v) is 4.97. The van der Waals surface area contributed by atoms with Crippen LogP contribution >= 0.6 is 0 Å². The zero-order chi connectivity index (χ0) is 21.7. The molecule has 3 rings (SSSR count). The number of methoxy groups -OCH3 is 3. The fraction of sp³-hybridized carbons (Fsp3) is 0.273. The topological polar surface area (TPSA) is 114 Å². The lowest BCUT2D eigenvalue weighted by Gasteiger charge is -2.19. The van der Waals surface area contributed by atoms with E-state index in [4.69, 9.17) is 14.2 Å². The zero-order valence-electron chi connectivity index (χ0n) is 17.0.